The molecule has 0 spiro atoms. The highest BCUT2D eigenvalue weighted by molar-refractivity contribution is 6.11. The van der Waals surface area contributed by atoms with Crippen molar-refractivity contribution in [2.75, 3.05) is 0 Å². The van der Waals surface area contributed by atoms with Gasteiger partial charge < -0.3 is 4.74 Å². The van der Waals surface area contributed by atoms with E-state index in [2.05, 4.69) is 0 Å². The highest BCUT2D eigenvalue weighted by Gasteiger charge is 2.24. The maximum absolute atomic E-state index is 14.1. The number of ketones is 1. The molecular weight excluding hydrogens is 289 g/mol. The average molecular weight is 303 g/mol. The maximum atomic E-state index is 14.1. The van der Waals surface area contributed by atoms with Crippen LogP contribution < -0.4 is 4.74 Å². The van der Waals surface area contributed by atoms with Gasteiger partial charge in [-0.25, -0.2) is 4.39 Å². The number of hydrogen-bond acceptors (Lipinski definition) is 4. The SMILES string of the molecule is CC(C)Oc1c(F)cc([N+](=O)[O-])cc1C(=O)c1ccccc1. The summed E-state index contributed by atoms with van der Waals surface area (Å²) in [5.74, 6) is -1.73. The Bertz CT molecular complexity index is 714. The molecule has 0 aromatic heterocycles. The van der Waals surface area contributed by atoms with Crippen LogP contribution in [0, 0.1) is 15.9 Å². The lowest BCUT2D eigenvalue weighted by Crippen LogP contribution is -2.13. The van der Waals surface area contributed by atoms with Gasteiger partial charge in [0.25, 0.3) is 5.69 Å². The number of carbonyl (C=O) groups is 1. The predicted octanol–water partition coefficient (Wildman–Crippen LogP) is 3.75. The smallest absolute Gasteiger partial charge is 0.273 e. The maximum Gasteiger partial charge on any atom is 0.273 e. The minimum atomic E-state index is -0.929. The van der Waals surface area contributed by atoms with E-state index in [9.17, 15) is 19.3 Å². The number of benzene rings is 2. The minimum Gasteiger partial charge on any atom is -0.487 e. The monoisotopic (exact) mass is 303 g/mol. The topological polar surface area (TPSA) is 69.4 Å². The van der Waals surface area contributed by atoms with E-state index in [4.69, 9.17) is 4.74 Å². The quantitative estimate of drug-likeness (QED) is 0.479. The molecule has 0 saturated carbocycles. The van der Waals surface area contributed by atoms with E-state index in [1.54, 1.807) is 44.2 Å². The number of nitro benzene ring substituents is 1. The highest BCUT2D eigenvalue weighted by Crippen LogP contribution is 2.31. The van der Waals surface area contributed by atoms with Gasteiger partial charge in [-0.3, -0.25) is 14.9 Å². The first kappa shape index (κ1) is 15.6. The van der Waals surface area contributed by atoms with Crippen molar-refractivity contribution in [2.45, 2.75) is 20.0 Å². The fourth-order valence-electron chi connectivity index (χ4n) is 1.95. The summed E-state index contributed by atoms with van der Waals surface area (Å²) < 4.78 is 19.5. The van der Waals surface area contributed by atoms with Crippen molar-refractivity contribution >= 4 is 11.5 Å². The molecule has 0 aliphatic rings. The summed E-state index contributed by atoms with van der Waals surface area (Å²) >= 11 is 0. The Balaban J connectivity index is 2.60. The van der Waals surface area contributed by atoms with Crippen molar-refractivity contribution in [1.82, 2.24) is 0 Å². The number of non-ortho nitro benzene ring substituents is 1. The molecule has 0 unspecified atom stereocenters. The van der Waals surface area contributed by atoms with Gasteiger partial charge in [0.1, 0.15) is 0 Å². The minimum absolute atomic E-state index is 0.161. The van der Waals surface area contributed by atoms with Crippen LogP contribution in [0.4, 0.5) is 10.1 Å². The molecule has 2 aromatic carbocycles. The highest BCUT2D eigenvalue weighted by atomic mass is 19.1. The van der Waals surface area contributed by atoms with Crippen molar-refractivity contribution in [2.24, 2.45) is 0 Å². The van der Waals surface area contributed by atoms with Gasteiger partial charge in [0.05, 0.1) is 22.7 Å². The van der Waals surface area contributed by atoms with Gasteiger partial charge in [-0.2, -0.15) is 0 Å². The average Bonchev–Trinajstić information content (AvgIpc) is 2.48. The van der Waals surface area contributed by atoms with Crippen LogP contribution in [-0.2, 0) is 0 Å². The molecule has 0 aliphatic carbocycles. The van der Waals surface area contributed by atoms with E-state index in [0.717, 1.165) is 12.1 Å². The molecule has 0 radical (unpaired) electrons. The summed E-state index contributed by atoms with van der Waals surface area (Å²) in [6, 6.07) is 9.94. The Kier molecular flexibility index (Phi) is 4.50. The third-order valence-electron chi connectivity index (χ3n) is 2.87. The van der Waals surface area contributed by atoms with E-state index < -0.39 is 22.2 Å². The van der Waals surface area contributed by atoms with E-state index in [1.165, 1.54) is 0 Å². The molecule has 2 aromatic rings. The standard InChI is InChI=1S/C16H14FNO4/c1-10(2)22-16-13(8-12(18(20)21)9-14(16)17)15(19)11-6-4-3-5-7-11/h3-10H,1-2H3. The second-order valence-electron chi connectivity index (χ2n) is 4.92. The van der Waals surface area contributed by atoms with Gasteiger partial charge in [-0.1, -0.05) is 30.3 Å². The molecule has 5 nitrogen and oxygen atoms in total. The molecular formula is C16H14FNO4. The van der Waals surface area contributed by atoms with E-state index in [-0.39, 0.29) is 17.4 Å². The number of rotatable bonds is 5. The molecule has 0 atom stereocenters. The lowest BCUT2D eigenvalue weighted by atomic mass is 10.0. The summed E-state index contributed by atoms with van der Waals surface area (Å²) in [7, 11) is 0. The summed E-state index contributed by atoms with van der Waals surface area (Å²) in [4.78, 5) is 22.6. The van der Waals surface area contributed by atoms with Gasteiger partial charge in [-0.15, -0.1) is 0 Å². The lowest BCUT2D eigenvalue weighted by molar-refractivity contribution is -0.385. The number of carbonyl (C=O) groups excluding carboxylic acids is 1. The summed E-state index contributed by atoms with van der Waals surface area (Å²) in [6.07, 6.45) is -0.377. The number of ether oxygens (including phenoxy) is 1. The molecule has 114 valence electrons. The van der Waals surface area contributed by atoms with Gasteiger partial charge in [0.2, 0.25) is 0 Å². The number of halogens is 1. The van der Waals surface area contributed by atoms with E-state index in [0.29, 0.717) is 5.56 Å². The molecule has 0 saturated heterocycles. The van der Waals surface area contributed by atoms with Crippen molar-refractivity contribution in [3.8, 4) is 5.75 Å². The Morgan fingerprint density at radius 2 is 1.86 bits per heavy atom. The predicted molar refractivity (Wildman–Crippen MR) is 78.7 cm³/mol. The van der Waals surface area contributed by atoms with Crippen LogP contribution in [0.1, 0.15) is 29.8 Å². The molecule has 2 rings (SSSR count). The van der Waals surface area contributed by atoms with E-state index >= 15 is 0 Å². The van der Waals surface area contributed by atoms with E-state index in [1.807, 2.05) is 0 Å². The zero-order valence-electron chi connectivity index (χ0n) is 12.1. The molecule has 22 heavy (non-hydrogen) atoms. The summed E-state index contributed by atoms with van der Waals surface area (Å²) in [5, 5.41) is 10.9. The largest absolute Gasteiger partial charge is 0.487 e. The van der Waals surface area contributed by atoms with Crippen LogP contribution >= 0.6 is 0 Å². The molecule has 0 amide bonds. The van der Waals surface area contributed by atoms with Gasteiger partial charge >= 0.3 is 0 Å². The number of nitrogens with zero attached hydrogens (tertiary/aromatic N) is 1. The second-order valence-corrected chi connectivity index (χ2v) is 4.92. The zero-order chi connectivity index (χ0) is 16.3. The number of nitro groups is 1. The van der Waals surface area contributed by atoms with Gasteiger partial charge in [0, 0.05) is 11.6 Å². The van der Waals surface area contributed by atoms with Crippen molar-refractivity contribution < 1.29 is 18.8 Å². The van der Waals surface area contributed by atoms with Crippen molar-refractivity contribution in [3.05, 3.63) is 69.5 Å². The second kappa shape index (κ2) is 6.34. The molecule has 6 heteroatoms. The van der Waals surface area contributed by atoms with Gasteiger partial charge in [0.15, 0.2) is 17.3 Å². The normalized spacial score (nSPS) is 10.5. The van der Waals surface area contributed by atoms with Crippen molar-refractivity contribution in [1.29, 1.82) is 0 Å². The Morgan fingerprint density at radius 3 is 2.41 bits per heavy atom. The molecule has 0 bridgehead atoms. The third-order valence-corrected chi connectivity index (χ3v) is 2.87. The van der Waals surface area contributed by atoms with Crippen molar-refractivity contribution in [3.63, 3.8) is 0 Å². The first-order chi connectivity index (χ1) is 10.4. The summed E-state index contributed by atoms with van der Waals surface area (Å²) in [6.45, 7) is 3.36. The molecule has 0 heterocycles. The Morgan fingerprint density at radius 1 is 1.23 bits per heavy atom. The van der Waals surface area contributed by atoms with Crippen LogP contribution in [-0.4, -0.2) is 16.8 Å². The Hall–Kier alpha value is -2.76. The van der Waals surface area contributed by atoms with Crippen LogP contribution in [0.25, 0.3) is 0 Å². The zero-order valence-corrected chi connectivity index (χ0v) is 12.1. The Labute approximate surface area is 126 Å². The molecule has 0 N–H and O–H groups in total. The lowest BCUT2D eigenvalue weighted by Gasteiger charge is -2.14. The van der Waals surface area contributed by atoms with Crippen LogP contribution in [0.3, 0.4) is 0 Å². The molecule has 0 fully saturated rings. The summed E-state index contributed by atoms with van der Waals surface area (Å²) in [5.41, 5.74) is -0.351. The molecule has 0 aliphatic heterocycles. The fraction of sp³-hybridized carbons (Fsp3) is 0.188. The third kappa shape index (κ3) is 3.28. The fourth-order valence-corrected chi connectivity index (χ4v) is 1.95. The van der Waals surface area contributed by atoms with Crippen LogP contribution in [0.15, 0.2) is 42.5 Å². The van der Waals surface area contributed by atoms with Crippen LogP contribution in [0.5, 0.6) is 5.75 Å². The first-order valence-electron chi connectivity index (χ1n) is 6.64. The first-order valence-corrected chi connectivity index (χ1v) is 6.64. The number of hydrogen-bond donors (Lipinski definition) is 0. The van der Waals surface area contributed by atoms with Gasteiger partial charge in [-0.05, 0) is 13.8 Å². The van der Waals surface area contributed by atoms with Crippen LogP contribution in [0.2, 0.25) is 0 Å².